The van der Waals surface area contributed by atoms with E-state index < -0.39 is 0 Å². The van der Waals surface area contributed by atoms with Crippen molar-refractivity contribution in [3.63, 3.8) is 0 Å². The van der Waals surface area contributed by atoms with Crippen LogP contribution in [0, 0.1) is 6.92 Å². The van der Waals surface area contributed by atoms with Crippen molar-refractivity contribution in [2.45, 2.75) is 19.8 Å². The van der Waals surface area contributed by atoms with Gasteiger partial charge in [-0.2, -0.15) is 0 Å². The summed E-state index contributed by atoms with van der Waals surface area (Å²) in [6, 6.07) is 23.4. The van der Waals surface area contributed by atoms with Crippen molar-refractivity contribution in [2.24, 2.45) is 0 Å². The number of benzene rings is 2. The van der Waals surface area contributed by atoms with Gasteiger partial charge >= 0.3 is 0 Å². The van der Waals surface area contributed by atoms with E-state index in [2.05, 4.69) is 91.8 Å². The third kappa shape index (κ3) is 5.25. The van der Waals surface area contributed by atoms with Crippen LogP contribution in [0.15, 0.2) is 66.7 Å². The summed E-state index contributed by atoms with van der Waals surface area (Å²) < 4.78 is 0. The topological polar surface area (TPSA) is 44.3 Å². The molecule has 0 atom stereocenters. The van der Waals surface area contributed by atoms with Crippen molar-refractivity contribution in [2.75, 3.05) is 47.8 Å². The number of para-hydroxylation sites is 1. The van der Waals surface area contributed by atoms with Crippen LogP contribution >= 0.6 is 0 Å². The minimum Gasteiger partial charge on any atom is -0.370 e. The number of piperazine rings is 1. The molecule has 5 heteroatoms. The summed E-state index contributed by atoms with van der Waals surface area (Å²) in [5.41, 5.74) is 2.68. The largest absolute Gasteiger partial charge is 0.370 e. The van der Waals surface area contributed by atoms with Crippen LogP contribution in [0.4, 0.5) is 17.3 Å². The van der Waals surface area contributed by atoms with E-state index in [0.717, 1.165) is 63.0 Å². The fraction of sp³-hybridized carbons (Fsp3) is 0.333. The van der Waals surface area contributed by atoms with Gasteiger partial charge in [-0.1, -0.05) is 48.5 Å². The summed E-state index contributed by atoms with van der Waals surface area (Å²) in [5, 5.41) is 3.48. The summed E-state index contributed by atoms with van der Waals surface area (Å²) >= 11 is 0. The Morgan fingerprint density at radius 3 is 2.21 bits per heavy atom. The Kier molecular flexibility index (Phi) is 6.25. The van der Waals surface area contributed by atoms with Crippen LogP contribution in [-0.2, 0) is 6.42 Å². The highest BCUT2D eigenvalue weighted by Crippen LogP contribution is 2.21. The van der Waals surface area contributed by atoms with E-state index in [1.54, 1.807) is 0 Å². The van der Waals surface area contributed by atoms with Gasteiger partial charge in [0.1, 0.15) is 17.5 Å². The van der Waals surface area contributed by atoms with E-state index >= 15 is 0 Å². The molecule has 2 heterocycles. The molecule has 150 valence electrons. The number of aromatic nitrogens is 2. The first-order valence-corrected chi connectivity index (χ1v) is 10.5. The number of nitrogens with zero attached hydrogens (tertiary/aromatic N) is 4. The molecule has 0 radical (unpaired) electrons. The van der Waals surface area contributed by atoms with Gasteiger partial charge in [0.25, 0.3) is 0 Å². The molecule has 0 bridgehead atoms. The number of hydrogen-bond acceptors (Lipinski definition) is 5. The maximum absolute atomic E-state index is 4.69. The molecule has 2 aromatic carbocycles. The summed E-state index contributed by atoms with van der Waals surface area (Å²) in [6.45, 7) is 6.84. The molecule has 5 nitrogen and oxygen atoms in total. The minimum absolute atomic E-state index is 0.818. The van der Waals surface area contributed by atoms with Gasteiger partial charge in [-0.3, -0.25) is 0 Å². The monoisotopic (exact) mass is 387 g/mol. The molecule has 0 aliphatic carbocycles. The molecular formula is C24H29N5. The average Bonchev–Trinajstić information content (AvgIpc) is 2.78. The summed E-state index contributed by atoms with van der Waals surface area (Å²) in [5.74, 6) is 2.76. The number of aryl methyl sites for hydroxylation is 2. The number of rotatable bonds is 7. The molecule has 4 rings (SSSR count). The maximum Gasteiger partial charge on any atom is 0.134 e. The lowest BCUT2D eigenvalue weighted by Gasteiger charge is -2.36. The smallest absolute Gasteiger partial charge is 0.134 e. The molecule has 0 saturated carbocycles. The lowest BCUT2D eigenvalue weighted by molar-refractivity contribution is 0.646. The minimum atomic E-state index is 0.818. The van der Waals surface area contributed by atoms with Gasteiger partial charge in [-0.05, 0) is 37.5 Å². The normalized spacial score (nSPS) is 14.1. The molecule has 3 aromatic rings. The van der Waals surface area contributed by atoms with E-state index in [4.69, 9.17) is 0 Å². The SMILES string of the molecule is Cc1nc(NCCCc2ccccc2)cc(N2CCN(c3ccccc3)CC2)n1. The molecule has 1 aliphatic rings. The quantitative estimate of drug-likeness (QED) is 0.617. The Morgan fingerprint density at radius 2 is 1.48 bits per heavy atom. The van der Waals surface area contributed by atoms with Crippen LogP contribution < -0.4 is 15.1 Å². The first-order valence-electron chi connectivity index (χ1n) is 10.5. The zero-order chi connectivity index (χ0) is 19.9. The third-order valence-corrected chi connectivity index (χ3v) is 5.34. The van der Waals surface area contributed by atoms with Crippen LogP contribution in [0.3, 0.4) is 0 Å². The zero-order valence-corrected chi connectivity index (χ0v) is 17.1. The van der Waals surface area contributed by atoms with Gasteiger partial charge in [0, 0.05) is 44.5 Å². The van der Waals surface area contributed by atoms with Gasteiger partial charge in [-0.15, -0.1) is 0 Å². The van der Waals surface area contributed by atoms with Gasteiger partial charge in [0.2, 0.25) is 0 Å². The van der Waals surface area contributed by atoms with Crippen molar-refractivity contribution in [3.8, 4) is 0 Å². The van der Waals surface area contributed by atoms with E-state index in [-0.39, 0.29) is 0 Å². The van der Waals surface area contributed by atoms with Gasteiger partial charge in [0.05, 0.1) is 0 Å². The standard InChI is InChI=1S/C24H29N5/c1-20-26-23(25-14-8-11-21-9-4-2-5-10-21)19-24(27-20)29-17-15-28(16-18-29)22-12-6-3-7-13-22/h2-7,9-10,12-13,19H,8,11,14-18H2,1H3,(H,25,26,27). The highest BCUT2D eigenvalue weighted by molar-refractivity contribution is 5.52. The second-order valence-corrected chi connectivity index (χ2v) is 7.48. The highest BCUT2D eigenvalue weighted by atomic mass is 15.3. The van der Waals surface area contributed by atoms with E-state index in [1.165, 1.54) is 11.3 Å². The third-order valence-electron chi connectivity index (χ3n) is 5.34. The number of anilines is 3. The number of hydrogen-bond donors (Lipinski definition) is 1. The van der Waals surface area contributed by atoms with Gasteiger partial charge < -0.3 is 15.1 Å². The highest BCUT2D eigenvalue weighted by Gasteiger charge is 2.19. The molecule has 1 fully saturated rings. The van der Waals surface area contributed by atoms with Crippen molar-refractivity contribution < 1.29 is 0 Å². The van der Waals surface area contributed by atoms with Gasteiger partial charge in [-0.25, -0.2) is 9.97 Å². The van der Waals surface area contributed by atoms with E-state index in [9.17, 15) is 0 Å². The summed E-state index contributed by atoms with van der Waals surface area (Å²) in [7, 11) is 0. The fourth-order valence-electron chi connectivity index (χ4n) is 3.79. The molecule has 0 spiro atoms. The van der Waals surface area contributed by atoms with Crippen LogP contribution in [0.25, 0.3) is 0 Å². The maximum atomic E-state index is 4.69. The molecule has 29 heavy (non-hydrogen) atoms. The Labute approximate surface area is 173 Å². The Balaban J connectivity index is 1.31. The van der Waals surface area contributed by atoms with Crippen LogP contribution in [0.2, 0.25) is 0 Å². The molecule has 1 aliphatic heterocycles. The van der Waals surface area contributed by atoms with E-state index in [0.29, 0.717) is 0 Å². The number of nitrogens with one attached hydrogen (secondary N) is 1. The van der Waals surface area contributed by atoms with Crippen molar-refractivity contribution in [1.82, 2.24) is 9.97 Å². The fourth-order valence-corrected chi connectivity index (χ4v) is 3.79. The van der Waals surface area contributed by atoms with E-state index in [1.807, 2.05) is 6.92 Å². The Morgan fingerprint density at radius 1 is 0.828 bits per heavy atom. The Bertz CT molecular complexity index is 890. The molecule has 0 unspecified atom stereocenters. The zero-order valence-electron chi connectivity index (χ0n) is 17.1. The van der Waals surface area contributed by atoms with Gasteiger partial charge in [0.15, 0.2) is 0 Å². The second-order valence-electron chi connectivity index (χ2n) is 7.48. The van der Waals surface area contributed by atoms with Crippen molar-refractivity contribution in [1.29, 1.82) is 0 Å². The summed E-state index contributed by atoms with van der Waals surface area (Å²) in [6.07, 6.45) is 2.16. The predicted octanol–water partition coefficient (Wildman–Crippen LogP) is 4.16. The summed E-state index contributed by atoms with van der Waals surface area (Å²) in [4.78, 5) is 14.1. The van der Waals surface area contributed by atoms with Crippen LogP contribution in [0.5, 0.6) is 0 Å². The Hall–Kier alpha value is -3.08. The first-order chi connectivity index (χ1) is 14.3. The molecule has 1 aromatic heterocycles. The van der Waals surface area contributed by atoms with Crippen LogP contribution in [0.1, 0.15) is 17.8 Å². The molecule has 1 N–H and O–H groups in total. The van der Waals surface area contributed by atoms with Crippen molar-refractivity contribution >= 4 is 17.3 Å². The lowest BCUT2D eigenvalue weighted by atomic mass is 10.1. The lowest BCUT2D eigenvalue weighted by Crippen LogP contribution is -2.46. The predicted molar refractivity (Wildman–Crippen MR) is 121 cm³/mol. The van der Waals surface area contributed by atoms with Crippen LogP contribution in [-0.4, -0.2) is 42.7 Å². The molecule has 1 saturated heterocycles. The second kappa shape index (κ2) is 9.41. The first kappa shape index (κ1) is 19.2. The molecular weight excluding hydrogens is 358 g/mol. The molecule has 0 amide bonds. The van der Waals surface area contributed by atoms with Crippen molar-refractivity contribution in [3.05, 3.63) is 78.1 Å². The average molecular weight is 388 g/mol.